The fourth-order valence-corrected chi connectivity index (χ4v) is 1.51. The van der Waals surface area contributed by atoms with Gasteiger partial charge in [0.1, 0.15) is 11.4 Å². The van der Waals surface area contributed by atoms with Crippen molar-refractivity contribution in [1.82, 2.24) is 5.32 Å². The molecule has 0 heterocycles. The number of nitrogens with two attached hydrogens (primary N) is 1. The minimum atomic E-state index is -0.502. The van der Waals surface area contributed by atoms with Crippen molar-refractivity contribution in [1.29, 1.82) is 0 Å². The second kappa shape index (κ2) is 6.98. The average Bonchev–Trinajstić information content (AvgIpc) is 2.31. The monoisotopic (exact) mass is 283 g/mol. The number of ether oxygens (including phenoxy) is 1. The molecule has 0 aromatic heterocycles. The SMILES string of the molecule is CC(C)(C)OC(=O)NCCCNc1cccc(F)c1N. The molecule has 0 bridgehead atoms. The lowest BCUT2D eigenvalue weighted by Crippen LogP contribution is -2.33. The van der Waals surface area contributed by atoms with E-state index < -0.39 is 17.5 Å². The van der Waals surface area contributed by atoms with Crippen LogP contribution in [0.1, 0.15) is 27.2 Å². The van der Waals surface area contributed by atoms with E-state index in [0.29, 0.717) is 25.2 Å². The van der Waals surface area contributed by atoms with Crippen LogP contribution in [0, 0.1) is 5.82 Å². The first kappa shape index (κ1) is 16.1. The van der Waals surface area contributed by atoms with Gasteiger partial charge >= 0.3 is 6.09 Å². The molecule has 4 N–H and O–H groups in total. The zero-order chi connectivity index (χ0) is 15.2. The first-order valence-electron chi connectivity index (χ1n) is 6.54. The molecule has 6 heteroatoms. The molecule has 0 radical (unpaired) electrons. The molecule has 1 aromatic carbocycles. The number of nitrogens with one attached hydrogen (secondary N) is 2. The second-order valence-electron chi connectivity index (χ2n) is 5.41. The predicted octanol–water partition coefficient (Wildman–Crippen LogP) is 2.73. The van der Waals surface area contributed by atoms with E-state index in [1.165, 1.54) is 6.07 Å². The van der Waals surface area contributed by atoms with E-state index in [1.54, 1.807) is 32.9 Å². The van der Waals surface area contributed by atoms with Crippen LogP contribution in [0.3, 0.4) is 0 Å². The molecule has 20 heavy (non-hydrogen) atoms. The van der Waals surface area contributed by atoms with Crippen molar-refractivity contribution in [2.45, 2.75) is 32.8 Å². The number of carbonyl (C=O) groups is 1. The molecule has 112 valence electrons. The molecule has 0 aliphatic carbocycles. The Hall–Kier alpha value is -1.98. The number of rotatable bonds is 5. The summed E-state index contributed by atoms with van der Waals surface area (Å²) in [4.78, 5) is 11.4. The van der Waals surface area contributed by atoms with Crippen LogP contribution in [0.5, 0.6) is 0 Å². The quantitative estimate of drug-likeness (QED) is 0.573. The summed E-state index contributed by atoms with van der Waals surface area (Å²) in [5.74, 6) is -0.443. The van der Waals surface area contributed by atoms with Gasteiger partial charge in [-0.2, -0.15) is 0 Å². The topological polar surface area (TPSA) is 76.4 Å². The van der Waals surface area contributed by atoms with Crippen molar-refractivity contribution >= 4 is 17.5 Å². The van der Waals surface area contributed by atoms with E-state index in [1.807, 2.05) is 0 Å². The molecule has 0 aliphatic heterocycles. The highest BCUT2D eigenvalue weighted by Gasteiger charge is 2.15. The highest BCUT2D eigenvalue weighted by Crippen LogP contribution is 2.20. The number of anilines is 2. The Bertz CT molecular complexity index is 458. The molecule has 0 aliphatic rings. The largest absolute Gasteiger partial charge is 0.444 e. The number of halogens is 1. The van der Waals surface area contributed by atoms with Gasteiger partial charge in [0.15, 0.2) is 0 Å². The Morgan fingerprint density at radius 3 is 2.70 bits per heavy atom. The van der Waals surface area contributed by atoms with E-state index in [9.17, 15) is 9.18 Å². The molecular weight excluding hydrogens is 261 g/mol. The van der Waals surface area contributed by atoms with Gasteiger partial charge < -0.3 is 21.1 Å². The van der Waals surface area contributed by atoms with Gasteiger partial charge in [-0.3, -0.25) is 0 Å². The summed E-state index contributed by atoms with van der Waals surface area (Å²) in [6, 6.07) is 4.61. The van der Waals surface area contributed by atoms with Gasteiger partial charge in [-0.05, 0) is 39.3 Å². The lowest BCUT2D eigenvalue weighted by Gasteiger charge is -2.19. The van der Waals surface area contributed by atoms with Gasteiger partial charge in [0, 0.05) is 13.1 Å². The zero-order valence-corrected chi connectivity index (χ0v) is 12.1. The first-order valence-corrected chi connectivity index (χ1v) is 6.54. The summed E-state index contributed by atoms with van der Waals surface area (Å²) in [5, 5.41) is 5.66. The van der Waals surface area contributed by atoms with E-state index >= 15 is 0 Å². The van der Waals surface area contributed by atoms with Crippen LogP contribution < -0.4 is 16.4 Å². The minimum absolute atomic E-state index is 0.104. The van der Waals surface area contributed by atoms with Gasteiger partial charge in [-0.15, -0.1) is 0 Å². The fourth-order valence-electron chi connectivity index (χ4n) is 1.51. The maximum atomic E-state index is 13.2. The van der Waals surface area contributed by atoms with Gasteiger partial charge in [-0.25, -0.2) is 9.18 Å². The van der Waals surface area contributed by atoms with Gasteiger partial charge in [0.05, 0.1) is 11.4 Å². The molecule has 0 atom stereocenters. The minimum Gasteiger partial charge on any atom is -0.444 e. The van der Waals surface area contributed by atoms with Crippen molar-refractivity contribution in [3.8, 4) is 0 Å². The van der Waals surface area contributed by atoms with Crippen molar-refractivity contribution in [2.75, 3.05) is 24.1 Å². The fraction of sp³-hybridized carbons (Fsp3) is 0.500. The summed E-state index contributed by atoms with van der Waals surface area (Å²) < 4.78 is 18.3. The summed E-state index contributed by atoms with van der Waals surface area (Å²) in [5.41, 5.74) is 5.75. The van der Waals surface area contributed by atoms with Crippen molar-refractivity contribution in [3.63, 3.8) is 0 Å². The summed E-state index contributed by atoms with van der Waals surface area (Å²) in [7, 11) is 0. The number of carbonyl (C=O) groups excluding carboxylic acids is 1. The molecule has 0 saturated carbocycles. The predicted molar refractivity (Wildman–Crippen MR) is 78.2 cm³/mol. The molecule has 1 rings (SSSR count). The molecule has 5 nitrogen and oxygen atoms in total. The van der Waals surface area contributed by atoms with Crippen molar-refractivity contribution < 1.29 is 13.9 Å². The Kier molecular flexibility index (Phi) is 5.61. The highest BCUT2D eigenvalue weighted by molar-refractivity contribution is 5.67. The number of benzene rings is 1. The third kappa shape index (κ3) is 5.77. The van der Waals surface area contributed by atoms with E-state index in [0.717, 1.165) is 0 Å². The van der Waals surface area contributed by atoms with Crippen LogP contribution in [0.2, 0.25) is 0 Å². The summed E-state index contributed by atoms with van der Waals surface area (Å²) >= 11 is 0. The van der Waals surface area contributed by atoms with Crippen LogP contribution in [-0.4, -0.2) is 24.8 Å². The molecule has 1 aromatic rings. The second-order valence-corrected chi connectivity index (χ2v) is 5.41. The maximum absolute atomic E-state index is 13.2. The average molecular weight is 283 g/mol. The molecule has 0 unspecified atom stereocenters. The Morgan fingerprint density at radius 2 is 2.05 bits per heavy atom. The lowest BCUT2D eigenvalue weighted by molar-refractivity contribution is 0.0528. The molecule has 0 fully saturated rings. The van der Waals surface area contributed by atoms with Gasteiger partial charge in [0.2, 0.25) is 0 Å². The smallest absolute Gasteiger partial charge is 0.407 e. The van der Waals surface area contributed by atoms with Crippen LogP contribution in [0.4, 0.5) is 20.6 Å². The standard InChI is InChI=1S/C14H22FN3O2/c1-14(2,3)20-13(19)18-9-5-8-17-11-7-4-6-10(15)12(11)16/h4,6-7,17H,5,8-9,16H2,1-3H3,(H,18,19). The third-order valence-corrected chi connectivity index (χ3v) is 2.39. The summed E-state index contributed by atoms with van der Waals surface area (Å²) in [6.45, 7) is 6.46. The van der Waals surface area contributed by atoms with Crippen molar-refractivity contribution in [3.05, 3.63) is 24.0 Å². The molecule has 0 spiro atoms. The number of nitrogen functional groups attached to an aromatic ring is 1. The van der Waals surface area contributed by atoms with Gasteiger partial charge in [0.25, 0.3) is 0 Å². The Morgan fingerprint density at radius 1 is 1.35 bits per heavy atom. The molecule has 0 saturated heterocycles. The Labute approximate surface area is 118 Å². The summed E-state index contributed by atoms with van der Waals surface area (Å²) in [6.07, 6.45) is 0.234. The third-order valence-electron chi connectivity index (χ3n) is 2.39. The van der Waals surface area contributed by atoms with Crippen LogP contribution in [0.15, 0.2) is 18.2 Å². The number of alkyl carbamates (subject to hydrolysis) is 1. The number of para-hydroxylation sites is 1. The maximum Gasteiger partial charge on any atom is 0.407 e. The van der Waals surface area contributed by atoms with E-state index in [-0.39, 0.29) is 5.69 Å². The van der Waals surface area contributed by atoms with Crippen LogP contribution in [0.25, 0.3) is 0 Å². The first-order chi connectivity index (χ1) is 9.29. The van der Waals surface area contributed by atoms with Crippen molar-refractivity contribution in [2.24, 2.45) is 0 Å². The van der Waals surface area contributed by atoms with Gasteiger partial charge in [-0.1, -0.05) is 6.07 Å². The highest BCUT2D eigenvalue weighted by atomic mass is 19.1. The zero-order valence-electron chi connectivity index (χ0n) is 12.1. The normalized spacial score (nSPS) is 11.0. The molecule has 1 amide bonds. The van der Waals surface area contributed by atoms with E-state index in [4.69, 9.17) is 10.5 Å². The lowest BCUT2D eigenvalue weighted by atomic mass is 10.2. The number of hydrogen-bond donors (Lipinski definition) is 3. The Balaban J connectivity index is 2.23. The van der Waals surface area contributed by atoms with E-state index in [2.05, 4.69) is 10.6 Å². The van der Waals surface area contributed by atoms with Crippen LogP contribution >= 0.6 is 0 Å². The number of hydrogen-bond acceptors (Lipinski definition) is 4. The number of amides is 1. The molecular formula is C14H22FN3O2. The van der Waals surface area contributed by atoms with Crippen LogP contribution in [-0.2, 0) is 4.74 Å².